The van der Waals surface area contributed by atoms with Crippen molar-refractivity contribution in [2.45, 2.75) is 32.9 Å². The summed E-state index contributed by atoms with van der Waals surface area (Å²) in [5.74, 6) is -1.72. The maximum absolute atomic E-state index is 14.4. The second-order valence-electron chi connectivity index (χ2n) is 7.42. The van der Waals surface area contributed by atoms with Crippen molar-refractivity contribution in [3.05, 3.63) is 71.8 Å². The molecule has 0 unspecified atom stereocenters. The average Bonchev–Trinajstić information content (AvgIpc) is 2.62. The second-order valence-corrected chi connectivity index (χ2v) is 7.42. The van der Waals surface area contributed by atoms with Crippen LogP contribution < -0.4 is 14.8 Å². The molecule has 28 heavy (non-hydrogen) atoms. The summed E-state index contributed by atoms with van der Waals surface area (Å²) < 4.78 is 39.2. The molecule has 0 saturated carbocycles. The summed E-state index contributed by atoms with van der Waals surface area (Å²) in [5, 5.41) is 3.04. The normalized spacial score (nSPS) is 11.3. The lowest BCUT2D eigenvalue weighted by Gasteiger charge is -2.20. The minimum atomic E-state index is -1.01. The average molecular weight is 385 g/mol. The van der Waals surface area contributed by atoms with Gasteiger partial charge in [0.15, 0.2) is 11.6 Å². The molecule has 146 valence electrons. The maximum atomic E-state index is 14.4. The lowest BCUT2D eigenvalue weighted by atomic mass is 10.1. The lowest BCUT2D eigenvalue weighted by molar-refractivity contribution is 0.190. The van der Waals surface area contributed by atoms with Gasteiger partial charge in [0, 0.05) is 11.6 Å². The third-order valence-corrected chi connectivity index (χ3v) is 3.87. The van der Waals surface area contributed by atoms with E-state index < -0.39 is 23.3 Å². The Hall–Kier alpha value is -3.15. The number of ether oxygens (including phenoxy) is 2. The summed E-state index contributed by atoms with van der Waals surface area (Å²) in [7, 11) is 0. The summed E-state index contributed by atoms with van der Waals surface area (Å²) >= 11 is 0. The highest BCUT2D eigenvalue weighted by molar-refractivity contribution is 5.91. The van der Waals surface area contributed by atoms with Gasteiger partial charge in [-0.1, -0.05) is 36.4 Å². The number of amides is 1. The molecule has 0 saturated heterocycles. The number of carbonyl (C=O) groups excluding carboxylic acids is 1. The van der Waals surface area contributed by atoms with Crippen LogP contribution in [0.3, 0.4) is 0 Å². The Morgan fingerprint density at radius 3 is 2.43 bits per heavy atom. The number of hydrogen-bond acceptors (Lipinski definition) is 3. The van der Waals surface area contributed by atoms with E-state index in [0.717, 1.165) is 11.6 Å². The first-order valence-corrected chi connectivity index (χ1v) is 8.81. The predicted octanol–water partition coefficient (Wildman–Crippen LogP) is 5.58. The smallest absolute Gasteiger partial charge is 0.413 e. The zero-order valence-electron chi connectivity index (χ0n) is 15.9. The van der Waals surface area contributed by atoms with Crippen molar-refractivity contribution in [3.63, 3.8) is 0 Å². The zero-order chi connectivity index (χ0) is 20.3. The van der Waals surface area contributed by atoms with Gasteiger partial charge in [-0.25, -0.2) is 13.6 Å². The van der Waals surface area contributed by atoms with Crippen LogP contribution in [0.4, 0.5) is 13.6 Å². The first-order valence-electron chi connectivity index (χ1n) is 8.81. The summed E-state index contributed by atoms with van der Waals surface area (Å²) in [4.78, 5) is 12.1. The molecule has 4 nitrogen and oxygen atoms in total. The van der Waals surface area contributed by atoms with Crippen LogP contribution in [0.15, 0.2) is 54.6 Å². The van der Waals surface area contributed by atoms with Crippen molar-refractivity contribution in [2.75, 3.05) is 0 Å². The van der Waals surface area contributed by atoms with Crippen LogP contribution in [0.1, 0.15) is 26.3 Å². The Bertz CT molecular complexity index is 998. The molecule has 0 heterocycles. The van der Waals surface area contributed by atoms with Crippen LogP contribution in [-0.2, 0) is 6.61 Å². The van der Waals surface area contributed by atoms with E-state index in [1.165, 1.54) is 18.2 Å². The molecule has 0 aliphatic carbocycles. The van der Waals surface area contributed by atoms with E-state index in [4.69, 9.17) is 9.47 Å². The molecule has 3 aromatic rings. The third-order valence-electron chi connectivity index (χ3n) is 3.87. The van der Waals surface area contributed by atoms with E-state index in [2.05, 4.69) is 5.32 Å². The number of carbonyl (C=O) groups is 1. The molecule has 0 aliphatic heterocycles. The number of rotatable bonds is 4. The lowest BCUT2D eigenvalue weighted by Crippen LogP contribution is -2.42. The summed E-state index contributed by atoms with van der Waals surface area (Å²) in [6, 6.07) is 14.6. The molecule has 0 fully saturated rings. The number of nitrogens with one attached hydrogen (secondary N) is 1. The largest absolute Gasteiger partial charge is 0.488 e. The van der Waals surface area contributed by atoms with Gasteiger partial charge < -0.3 is 14.8 Å². The Kier molecular flexibility index (Phi) is 5.49. The standard InChI is InChI=1S/C22H21F2NO3/c1-22(2,3)25-21(26)28-16-11-15-9-10-17(23)20(24)19(15)18(12-16)27-13-14-7-5-4-6-8-14/h4-12H,13H2,1-3H3,(H,25,26). The van der Waals surface area contributed by atoms with Crippen molar-refractivity contribution in [2.24, 2.45) is 0 Å². The van der Waals surface area contributed by atoms with Gasteiger partial charge in [-0.3, -0.25) is 0 Å². The molecule has 0 aromatic heterocycles. The fourth-order valence-electron chi connectivity index (χ4n) is 2.68. The van der Waals surface area contributed by atoms with Gasteiger partial charge in [-0.05, 0) is 43.9 Å². The van der Waals surface area contributed by atoms with Crippen LogP contribution >= 0.6 is 0 Å². The number of halogens is 2. The van der Waals surface area contributed by atoms with E-state index in [1.807, 2.05) is 51.1 Å². The number of hydrogen-bond donors (Lipinski definition) is 1. The summed E-state index contributed by atoms with van der Waals surface area (Å²) in [5.41, 5.74) is 0.389. The highest BCUT2D eigenvalue weighted by atomic mass is 19.2. The molecule has 6 heteroatoms. The van der Waals surface area contributed by atoms with Crippen molar-refractivity contribution in [3.8, 4) is 11.5 Å². The molecule has 0 aliphatic rings. The minimum absolute atomic E-state index is 0.000453. The Morgan fingerprint density at radius 2 is 1.75 bits per heavy atom. The maximum Gasteiger partial charge on any atom is 0.413 e. The van der Waals surface area contributed by atoms with Gasteiger partial charge in [-0.2, -0.15) is 0 Å². The first-order chi connectivity index (χ1) is 13.2. The zero-order valence-corrected chi connectivity index (χ0v) is 15.9. The van der Waals surface area contributed by atoms with Gasteiger partial charge in [0.1, 0.15) is 18.1 Å². The summed E-state index contributed by atoms with van der Waals surface area (Å²) in [6.45, 7) is 5.62. The topological polar surface area (TPSA) is 47.6 Å². The fourth-order valence-corrected chi connectivity index (χ4v) is 2.68. The number of fused-ring (bicyclic) bond motifs is 1. The van der Waals surface area contributed by atoms with Crippen molar-refractivity contribution < 1.29 is 23.0 Å². The third kappa shape index (κ3) is 4.76. The Labute approximate surface area is 162 Å². The Morgan fingerprint density at radius 1 is 1.04 bits per heavy atom. The van der Waals surface area contributed by atoms with Crippen molar-refractivity contribution in [1.82, 2.24) is 5.32 Å². The van der Waals surface area contributed by atoms with Crippen LogP contribution in [0.2, 0.25) is 0 Å². The van der Waals surface area contributed by atoms with Crippen LogP contribution in [-0.4, -0.2) is 11.6 Å². The van der Waals surface area contributed by atoms with E-state index in [9.17, 15) is 13.6 Å². The van der Waals surface area contributed by atoms with E-state index in [0.29, 0.717) is 5.39 Å². The van der Waals surface area contributed by atoms with Gasteiger partial charge in [-0.15, -0.1) is 0 Å². The molecular formula is C22H21F2NO3. The van der Waals surface area contributed by atoms with Gasteiger partial charge in [0.05, 0.1) is 5.39 Å². The van der Waals surface area contributed by atoms with E-state index in [1.54, 1.807) is 0 Å². The first kappa shape index (κ1) is 19.6. The minimum Gasteiger partial charge on any atom is -0.488 e. The SMILES string of the molecule is CC(C)(C)NC(=O)Oc1cc(OCc2ccccc2)c2c(F)c(F)ccc2c1. The van der Waals surface area contributed by atoms with Crippen molar-refractivity contribution in [1.29, 1.82) is 0 Å². The monoisotopic (exact) mass is 385 g/mol. The molecule has 0 radical (unpaired) electrons. The van der Waals surface area contributed by atoms with Crippen LogP contribution in [0, 0.1) is 11.6 Å². The van der Waals surface area contributed by atoms with Gasteiger partial charge in [0.25, 0.3) is 0 Å². The molecule has 3 aromatic carbocycles. The summed E-state index contributed by atoms with van der Waals surface area (Å²) in [6.07, 6.45) is -0.650. The van der Waals surface area contributed by atoms with Gasteiger partial charge in [0.2, 0.25) is 0 Å². The predicted molar refractivity (Wildman–Crippen MR) is 104 cm³/mol. The molecular weight excluding hydrogens is 364 g/mol. The second kappa shape index (κ2) is 7.84. The highest BCUT2D eigenvalue weighted by Crippen LogP contribution is 2.35. The number of benzene rings is 3. The molecule has 3 rings (SSSR count). The van der Waals surface area contributed by atoms with Crippen LogP contribution in [0.25, 0.3) is 10.8 Å². The molecule has 0 spiro atoms. The van der Waals surface area contributed by atoms with E-state index in [-0.39, 0.29) is 23.5 Å². The molecule has 1 N–H and O–H groups in total. The fraction of sp³-hybridized carbons (Fsp3) is 0.227. The quantitative estimate of drug-likeness (QED) is 0.637. The molecule has 0 atom stereocenters. The van der Waals surface area contributed by atoms with E-state index >= 15 is 0 Å². The Balaban J connectivity index is 1.95. The molecule has 1 amide bonds. The highest BCUT2D eigenvalue weighted by Gasteiger charge is 2.18. The molecule has 0 bridgehead atoms. The van der Waals surface area contributed by atoms with Crippen LogP contribution in [0.5, 0.6) is 11.5 Å². The van der Waals surface area contributed by atoms with Crippen molar-refractivity contribution >= 4 is 16.9 Å². The van der Waals surface area contributed by atoms with Gasteiger partial charge >= 0.3 is 6.09 Å².